The minimum absolute atomic E-state index is 1.08. The second-order valence-electron chi connectivity index (χ2n) is 11.5. The Hall–Kier alpha value is -5.44. The number of aryl methyl sites for hydroxylation is 1. The second-order valence-corrected chi connectivity index (χ2v) is 12.6. The summed E-state index contributed by atoms with van der Waals surface area (Å²) >= 11 is 1.87. The molecule has 8 rings (SSSR count). The Bertz CT molecular complexity index is 2290. The van der Waals surface area contributed by atoms with Crippen molar-refractivity contribution in [3.8, 4) is 44.5 Å². The van der Waals surface area contributed by atoms with E-state index in [-0.39, 0.29) is 0 Å². The van der Waals surface area contributed by atoms with Gasteiger partial charge in [0, 0.05) is 42.7 Å². The van der Waals surface area contributed by atoms with Gasteiger partial charge in [0.25, 0.3) is 0 Å². The lowest BCUT2D eigenvalue weighted by Gasteiger charge is -2.16. The molecule has 0 saturated carbocycles. The van der Waals surface area contributed by atoms with Gasteiger partial charge in [-0.2, -0.15) is 0 Å². The number of thiophene rings is 1. The van der Waals surface area contributed by atoms with Crippen LogP contribution in [0.4, 0.5) is 11.4 Å². The zero-order valence-electron chi connectivity index (χ0n) is 25.0. The van der Waals surface area contributed by atoms with Crippen LogP contribution in [-0.4, -0.2) is 0 Å². The first-order valence-electron chi connectivity index (χ1n) is 15.3. The highest BCUT2D eigenvalue weighted by atomic mass is 32.1. The van der Waals surface area contributed by atoms with Gasteiger partial charge in [-0.3, -0.25) is 0 Å². The maximum absolute atomic E-state index is 3.83. The third-order valence-electron chi connectivity index (χ3n) is 8.62. The summed E-state index contributed by atoms with van der Waals surface area (Å²) in [7, 11) is 0. The average Bonchev–Trinajstić information content (AvgIpc) is 3.48. The van der Waals surface area contributed by atoms with Crippen LogP contribution in [0.25, 0.3) is 64.7 Å². The van der Waals surface area contributed by atoms with Crippen molar-refractivity contribution < 1.29 is 0 Å². The summed E-state index contributed by atoms with van der Waals surface area (Å²) in [6.45, 7) is 2.18. The van der Waals surface area contributed by atoms with Crippen molar-refractivity contribution in [3.05, 3.63) is 169 Å². The Labute approximate surface area is 268 Å². The molecule has 0 radical (unpaired) electrons. The monoisotopic (exact) mass is 593 g/mol. The van der Waals surface area contributed by atoms with Gasteiger partial charge in [0.15, 0.2) is 0 Å². The van der Waals surface area contributed by atoms with Crippen molar-refractivity contribution in [3.63, 3.8) is 0 Å². The van der Waals surface area contributed by atoms with Crippen LogP contribution in [0.5, 0.6) is 0 Å². The van der Waals surface area contributed by atoms with E-state index in [4.69, 9.17) is 0 Å². The van der Waals surface area contributed by atoms with E-state index in [2.05, 4.69) is 176 Å². The summed E-state index contributed by atoms with van der Waals surface area (Å²) in [6, 6.07) is 59.0. The molecule has 2 heteroatoms. The molecule has 8 aromatic rings. The summed E-state index contributed by atoms with van der Waals surface area (Å²) in [5, 5.41) is 6.40. The van der Waals surface area contributed by atoms with Crippen molar-refractivity contribution in [2.24, 2.45) is 0 Å². The van der Waals surface area contributed by atoms with Crippen LogP contribution in [0.3, 0.4) is 0 Å². The van der Waals surface area contributed by atoms with Crippen molar-refractivity contribution in [2.75, 3.05) is 5.32 Å². The third-order valence-corrected chi connectivity index (χ3v) is 9.84. The van der Waals surface area contributed by atoms with Crippen molar-refractivity contribution in [1.82, 2.24) is 0 Å². The number of rotatable bonds is 6. The Morgan fingerprint density at radius 2 is 1.04 bits per heavy atom. The minimum atomic E-state index is 1.08. The molecule has 0 unspecified atom stereocenters. The lowest BCUT2D eigenvalue weighted by molar-refractivity contribution is 1.45. The van der Waals surface area contributed by atoms with Crippen LogP contribution < -0.4 is 5.32 Å². The maximum atomic E-state index is 3.83. The first-order valence-corrected chi connectivity index (χ1v) is 16.2. The topological polar surface area (TPSA) is 12.0 Å². The van der Waals surface area contributed by atoms with Crippen LogP contribution >= 0.6 is 11.3 Å². The summed E-state index contributed by atoms with van der Waals surface area (Å²) in [4.78, 5) is 0. The van der Waals surface area contributed by atoms with Crippen molar-refractivity contribution in [2.45, 2.75) is 6.92 Å². The largest absolute Gasteiger partial charge is 0.355 e. The van der Waals surface area contributed by atoms with Gasteiger partial charge in [0.1, 0.15) is 0 Å². The van der Waals surface area contributed by atoms with E-state index >= 15 is 0 Å². The number of anilines is 2. The third kappa shape index (κ3) is 5.20. The molecular weight excluding hydrogens is 563 g/mol. The molecule has 0 spiro atoms. The molecule has 1 aromatic heterocycles. The molecule has 0 fully saturated rings. The number of hydrogen-bond donors (Lipinski definition) is 1. The van der Waals surface area contributed by atoms with Crippen LogP contribution in [0.1, 0.15) is 5.56 Å². The van der Waals surface area contributed by atoms with Gasteiger partial charge in [-0.15, -0.1) is 11.3 Å². The van der Waals surface area contributed by atoms with E-state index in [1.54, 1.807) is 0 Å². The molecule has 1 heterocycles. The van der Waals surface area contributed by atoms with Crippen LogP contribution in [-0.2, 0) is 0 Å². The molecule has 7 aromatic carbocycles. The van der Waals surface area contributed by atoms with E-state index in [1.807, 2.05) is 11.3 Å². The Morgan fingerprint density at radius 1 is 0.422 bits per heavy atom. The van der Waals surface area contributed by atoms with Gasteiger partial charge in [-0.25, -0.2) is 0 Å². The molecule has 0 bridgehead atoms. The average molecular weight is 594 g/mol. The first kappa shape index (κ1) is 27.1. The lowest BCUT2D eigenvalue weighted by Crippen LogP contribution is -1.95. The maximum Gasteiger partial charge on any atom is 0.0464 e. The number of nitrogens with one attached hydrogen (secondary N) is 1. The normalized spacial score (nSPS) is 11.2. The molecule has 0 atom stereocenters. The minimum Gasteiger partial charge on any atom is -0.355 e. The number of hydrogen-bond acceptors (Lipinski definition) is 2. The number of benzene rings is 7. The van der Waals surface area contributed by atoms with E-state index in [0.717, 1.165) is 11.4 Å². The molecule has 0 aliphatic carbocycles. The number of fused-ring (bicyclic) bond motifs is 3. The smallest absolute Gasteiger partial charge is 0.0464 e. The van der Waals surface area contributed by atoms with Gasteiger partial charge >= 0.3 is 0 Å². The van der Waals surface area contributed by atoms with Crippen molar-refractivity contribution in [1.29, 1.82) is 0 Å². The van der Waals surface area contributed by atoms with E-state index in [9.17, 15) is 0 Å². The van der Waals surface area contributed by atoms with Crippen LogP contribution in [0, 0.1) is 6.92 Å². The predicted octanol–water partition coefficient (Wildman–Crippen LogP) is 12.8. The molecule has 0 aliphatic heterocycles. The van der Waals surface area contributed by atoms with E-state index in [0.29, 0.717) is 0 Å². The van der Waals surface area contributed by atoms with E-state index in [1.165, 1.54) is 70.2 Å². The molecule has 214 valence electrons. The SMILES string of the molecule is Cc1ccccc1-c1ccccc1Nc1cc(-c2cccc(-c3ccc(-c4ccccc4)cc3)c2)c2sc3ccccc3c2c1. The highest BCUT2D eigenvalue weighted by Crippen LogP contribution is 2.43. The Morgan fingerprint density at radius 3 is 1.87 bits per heavy atom. The Kier molecular flexibility index (Phi) is 6.98. The summed E-state index contributed by atoms with van der Waals surface area (Å²) < 4.78 is 2.62. The molecule has 1 N–H and O–H groups in total. The number of para-hydroxylation sites is 1. The molecule has 1 nitrogen and oxygen atoms in total. The fraction of sp³-hybridized carbons (Fsp3) is 0.0233. The summed E-state index contributed by atoms with van der Waals surface area (Å²) in [5.41, 5.74) is 13.2. The fourth-order valence-corrected chi connectivity index (χ4v) is 7.54. The zero-order chi connectivity index (χ0) is 30.2. The molecule has 0 saturated heterocycles. The molecule has 0 aliphatic rings. The van der Waals surface area contributed by atoms with E-state index < -0.39 is 0 Å². The lowest BCUT2D eigenvalue weighted by atomic mass is 9.96. The van der Waals surface area contributed by atoms with Gasteiger partial charge in [0.05, 0.1) is 0 Å². The molecular formula is C43H31NS. The van der Waals surface area contributed by atoms with Crippen LogP contribution in [0.15, 0.2) is 164 Å². The zero-order valence-corrected chi connectivity index (χ0v) is 25.8. The quantitative estimate of drug-likeness (QED) is 0.202. The molecule has 0 amide bonds. The second kappa shape index (κ2) is 11.6. The van der Waals surface area contributed by atoms with Crippen LogP contribution in [0.2, 0.25) is 0 Å². The van der Waals surface area contributed by atoms with Gasteiger partial charge in [-0.1, -0.05) is 133 Å². The summed E-state index contributed by atoms with van der Waals surface area (Å²) in [5.74, 6) is 0. The van der Waals surface area contributed by atoms with Crippen molar-refractivity contribution >= 4 is 42.9 Å². The highest BCUT2D eigenvalue weighted by Gasteiger charge is 2.15. The van der Waals surface area contributed by atoms with Gasteiger partial charge < -0.3 is 5.32 Å². The fourth-order valence-electron chi connectivity index (χ4n) is 6.32. The first-order chi connectivity index (χ1) is 22.2. The summed E-state index contributed by atoms with van der Waals surface area (Å²) in [6.07, 6.45) is 0. The molecule has 45 heavy (non-hydrogen) atoms. The van der Waals surface area contributed by atoms with Gasteiger partial charge in [-0.05, 0) is 76.2 Å². The highest BCUT2D eigenvalue weighted by molar-refractivity contribution is 7.26. The Balaban J connectivity index is 1.24. The van der Waals surface area contributed by atoms with Gasteiger partial charge in [0.2, 0.25) is 0 Å². The predicted molar refractivity (Wildman–Crippen MR) is 196 cm³/mol. The standard InChI is InChI=1S/C43H31NS/c1-29-12-5-6-17-36(29)37-18-7-9-20-41(37)44-35-27-39(43-40(28-35)38-19-8-10-21-42(38)45-43)34-16-11-15-33(26-34)32-24-22-31(23-25-32)30-13-3-2-4-14-30/h2-28,44H,1H3.